The van der Waals surface area contributed by atoms with Crippen molar-refractivity contribution in [1.82, 2.24) is 15.2 Å². The van der Waals surface area contributed by atoms with E-state index in [1.54, 1.807) is 48.5 Å². The number of amides is 2. The number of Topliss-reactive ketones (excluding diaryl/α,β-unsaturated/α-hetero) is 2. The first-order valence-corrected chi connectivity index (χ1v) is 19.9. The van der Waals surface area contributed by atoms with E-state index in [9.17, 15) is 32.3 Å². The number of guanidine groups is 1. The summed E-state index contributed by atoms with van der Waals surface area (Å²) < 4.78 is 57.9. The molecule has 61 heavy (non-hydrogen) atoms. The first-order valence-electron chi connectivity index (χ1n) is 19.9. The summed E-state index contributed by atoms with van der Waals surface area (Å²) in [5.74, 6) is -2.84. The zero-order valence-electron chi connectivity index (χ0n) is 33.3. The van der Waals surface area contributed by atoms with Crippen LogP contribution in [-0.4, -0.2) is 70.7 Å². The molecule has 1 saturated heterocycles. The number of halogens is 3. The summed E-state index contributed by atoms with van der Waals surface area (Å²) in [4.78, 5) is 66.1. The number of alkyl carbamates (subject to hydrolysis) is 1. The summed E-state index contributed by atoms with van der Waals surface area (Å²) >= 11 is 0. The fourth-order valence-corrected chi connectivity index (χ4v) is 7.24. The van der Waals surface area contributed by atoms with Crippen molar-refractivity contribution in [3.63, 3.8) is 0 Å². The minimum atomic E-state index is -4.57. The van der Waals surface area contributed by atoms with E-state index >= 15 is 0 Å². The highest BCUT2D eigenvalue weighted by atomic mass is 19.4. The van der Waals surface area contributed by atoms with Gasteiger partial charge in [-0.25, -0.2) is 9.78 Å². The lowest BCUT2D eigenvalue weighted by molar-refractivity contribution is -0.139. The third-order valence-corrected chi connectivity index (χ3v) is 10.4. The van der Waals surface area contributed by atoms with E-state index < -0.39 is 59.4 Å². The third-order valence-electron chi connectivity index (χ3n) is 10.4. The van der Waals surface area contributed by atoms with Crippen molar-refractivity contribution in [3.05, 3.63) is 137 Å². The van der Waals surface area contributed by atoms with Gasteiger partial charge < -0.3 is 35.6 Å². The SMILES string of the molecule is NC(N)=NCCC[C@H](CC(=O)[C@@H]1C[C@@H](OCc2cccc(C(F)(F)F)c2)CN1C(=O)[C@@H](CCc1ccccc1)NC(=O)OCc1ccccc1)C(=O)c1nc2ccccc2o1. The number of ketones is 2. The molecule has 0 bridgehead atoms. The van der Waals surface area contributed by atoms with Gasteiger partial charge >= 0.3 is 12.3 Å². The molecule has 5 aromatic rings. The molecule has 320 valence electrons. The number of carbonyl (C=O) groups is 4. The largest absolute Gasteiger partial charge is 0.445 e. The molecule has 5 N–H and O–H groups in total. The molecule has 1 aromatic heterocycles. The number of oxazole rings is 1. The van der Waals surface area contributed by atoms with Gasteiger partial charge in [-0.3, -0.25) is 19.4 Å². The number of ether oxygens (including phenoxy) is 2. The average Bonchev–Trinajstić information content (AvgIpc) is 3.90. The number of alkyl halides is 3. The topological polar surface area (TPSA) is 192 Å². The van der Waals surface area contributed by atoms with Crippen LogP contribution in [0.4, 0.5) is 18.0 Å². The van der Waals surface area contributed by atoms with Crippen LogP contribution in [0.15, 0.2) is 119 Å². The smallest absolute Gasteiger partial charge is 0.416 e. The van der Waals surface area contributed by atoms with E-state index in [-0.39, 0.29) is 69.4 Å². The highest BCUT2D eigenvalue weighted by molar-refractivity contribution is 6.00. The summed E-state index contributed by atoms with van der Waals surface area (Å²) in [6.45, 7) is -0.225. The molecule has 2 amide bonds. The maximum absolute atomic E-state index is 14.7. The van der Waals surface area contributed by atoms with Crippen LogP contribution in [0.1, 0.15) is 65.0 Å². The predicted molar refractivity (Wildman–Crippen MR) is 220 cm³/mol. The number of carbonyl (C=O) groups excluding carboxylic acids is 4. The van der Waals surface area contributed by atoms with Gasteiger partial charge in [0.1, 0.15) is 18.2 Å². The number of nitrogens with one attached hydrogen (secondary N) is 1. The van der Waals surface area contributed by atoms with Crippen molar-refractivity contribution in [2.75, 3.05) is 13.1 Å². The van der Waals surface area contributed by atoms with Crippen LogP contribution in [0.3, 0.4) is 0 Å². The van der Waals surface area contributed by atoms with E-state index in [0.29, 0.717) is 23.9 Å². The number of benzene rings is 4. The van der Waals surface area contributed by atoms with Crippen LogP contribution in [0.5, 0.6) is 0 Å². The standard InChI is InChI=1S/C45H47F3N6O7/c46-45(47,48)33-17-9-15-31(23-33)28-59-34-25-37(38(55)24-32(16-10-22-51-43(49)50)40(56)41-52-35-18-7-8-19-39(35)61-41)54(26-34)42(57)36(21-20-29-11-3-1-4-12-29)53-44(58)60-27-30-13-5-2-6-14-30/h1-9,11-15,17-19,23,32,34,36-37H,10,16,20-22,24-28H2,(H,53,58)(H4,49,50,51)/t32-,34-,36-,37+/m1/s1. The molecule has 2 heterocycles. The number of para-hydroxylation sites is 2. The fourth-order valence-electron chi connectivity index (χ4n) is 7.24. The van der Waals surface area contributed by atoms with Crippen LogP contribution >= 0.6 is 0 Å². The number of hydrogen-bond acceptors (Lipinski definition) is 9. The number of fused-ring (bicyclic) bond motifs is 1. The lowest BCUT2D eigenvalue weighted by Gasteiger charge is -2.29. The average molecular weight is 841 g/mol. The fraction of sp³-hybridized carbons (Fsp3) is 0.333. The Morgan fingerprint density at radius 1 is 0.869 bits per heavy atom. The second-order valence-electron chi connectivity index (χ2n) is 14.8. The molecule has 0 radical (unpaired) electrons. The van der Waals surface area contributed by atoms with Gasteiger partial charge in [-0.1, -0.05) is 84.9 Å². The number of aliphatic imine (C=N–C) groups is 1. The summed E-state index contributed by atoms with van der Waals surface area (Å²) in [6, 6.07) is 27.6. The second-order valence-corrected chi connectivity index (χ2v) is 14.8. The molecule has 0 aliphatic carbocycles. The Labute approximate surface area is 350 Å². The number of likely N-dealkylation sites (tertiary alicyclic amines) is 1. The lowest BCUT2D eigenvalue weighted by Crippen LogP contribution is -2.52. The monoisotopic (exact) mass is 840 g/mol. The highest BCUT2D eigenvalue weighted by Gasteiger charge is 2.43. The molecular formula is C45H47F3N6O7. The Morgan fingerprint density at radius 2 is 1.56 bits per heavy atom. The van der Waals surface area contributed by atoms with Crippen molar-refractivity contribution >= 4 is 40.6 Å². The second kappa shape index (κ2) is 20.6. The molecule has 1 aliphatic rings. The van der Waals surface area contributed by atoms with E-state index in [1.807, 2.05) is 36.4 Å². The molecule has 0 saturated carbocycles. The van der Waals surface area contributed by atoms with Crippen LogP contribution in [0.25, 0.3) is 11.1 Å². The van der Waals surface area contributed by atoms with Gasteiger partial charge in [0.25, 0.3) is 5.89 Å². The van der Waals surface area contributed by atoms with Gasteiger partial charge in [0, 0.05) is 31.8 Å². The molecule has 1 aliphatic heterocycles. The minimum Gasteiger partial charge on any atom is -0.445 e. The highest BCUT2D eigenvalue weighted by Crippen LogP contribution is 2.31. The van der Waals surface area contributed by atoms with Gasteiger partial charge in [0.2, 0.25) is 11.7 Å². The maximum atomic E-state index is 14.7. The molecule has 4 aromatic carbocycles. The Bertz CT molecular complexity index is 2270. The Hall–Kier alpha value is -6.55. The Balaban J connectivity index is 1.26. The minimum absolute atomic E-state index is 0.0226. The number of aryl methyl sites for hydroxylation is 1. The van der Waals surface area contributed by atoms with Crippen molar-refractivity contribution in [3.8, 4) is 0 Å². The molecule has 16 heteroatoms. The summed E-state index contributed by atoms with van der Waals surface area (Å²) in [6.07, 6.45) is -5.53. The van der Waals surface area contributed by atoms with E-state index in [4.69, 9.17) is 25.4 Å². The van der Waals surface area contributed by atoms with Gasteiger partial charge in [0.15, 0.2) is 17.3 Å². The molecule has 6 rings (SSSR count). The molecular weight excluding hydrogens is 794 g/mol. The normalized spacial score (nSPS) is 16.1. The van der Waals surface area contributed by atoms with Gasteiger partial charge in [-0.15, -0.1) is 0 Å². The Kier molecular flexibility index (Phi) is 14.9. The van der Waals surface area contributed by atoms with Crippen molar-refractivity contribution < 1.29 is 46.2 Å². The first kappa shape index (κ1) is 44.0. The van der Waals surface area contributed by atoms with E-state index in [1.165, 1.54) is 17.0 Å². The lowest BCUT2D eigenvalue weighted by atomic mass is 9.89. The predicted octanol–water partition coefficient (Wildman–Crippen LogP) is 6.77. The van der Waals surface area contributed by atoms with Gasteiger partial charge in [0.05, 0.1) is 24.3 Å². The summed E-state index contributed by atoms with van der Waals surface area (Å²) in [5, 5.41) is 2.70. The molecule has 0 spiro atoms. The van der Waals surface area contributed by atoms with Crippen LogP contribution in [0.2, 0.25) is 0 Å². The zero-order chi connectivity index (χ0) is 43.4. The van der Waals surface area contributed by atoms with Crippen LogP contribution < -0.4 is 16.8 Å². The maximum Gasteiger partial charge on any atom is 0.416 e. The number of nitrogens with zero attached hydrogens (tertiary/aromatic N) is 3. The number of aromatic nitrogens is 1. The van der Waals surface area contributed by atoms with E-state index in [2.05, 4.69) is 15.3 Å². The number of nitrogens with two attached hydrogens (primary N) is 2. The number of rotatable bonds is 19. The summed E-state index contributed by atoms with van der Waals surface area (Å²) in [7, 11) is 0. The van der Waals surface area contributed by atoms with Crippen molar-refractivity contribution in [1.29, 1.82) is 0 Å². The molecule has 4 atom stereocenters. The third kappa shape index (κ3) is 12.5. The van der Waals surface area contributed by atoms with Crippen molar-refractivity contribution in [2.24, 2.45) is 22.4 Å². The van der Waals surface area contributed by atoms with E-state index in [0.717, 1.165) is 23.3 Å². The Morgan fingerprint density at radius 3 is 2.26 bits per heavy atom. The first-order chi connectivity index (χ1) is 29.3. The van der Waals surface area contributed by atoms with Gasteiger partial charge in [-0.2, -0.15) is 13.2 Å². The van der Waals surface area contributed by atoms with Gasteiger partial charge in [-0.05, 0) is 66.6 Å². The van der Waals surface area contributed by atoms with Crippen LogP contribution in [0, 0.1) is 5.92 Å². The zero-order valence-corrected chi connectivity index (χ0v) is 33.3. The van der Waals surface area contributed by atoms with Crippen molar-refractivity contribution in [2.45, 2.75) is 76.1 Å². The molecule has 13 nitrogen and oxygen atoms in total. The summed E-state index contributed by atoms with van der Waals surface area (Å²) in [5.41, 5.74) is 12.9. The number of hydrogen-bond donors (Lipinski definition) is 3. The molecule has 0 unspecified atom stereocenters. The molecule has 1 fully saturated rings. The quantitative estimate of drug-likeness (QED) is 0.0346. The van der Waals surface area contributed by atoms with Crippen LogP contribution in [-0.2, 0) is 44.9 Å².